The van der Waals surface area contributed by atoms with Gasteiger partial charge in [0.05, 0.1) is 6.34 Å². The highest BCUT2D eigenvalue weighted by atomic mass is 16.2. The minimum atomic E-state index is -0.344. The monoisotopic (exact) mass is 285 g/mol. The first-order valence-corrected chi connectivity index (χ1v) is 7.86. The molecule has 0 bridgehead atoms. The number of hydrogen-bond donors (Lipinski definition) is 0. The molecule has 0 saturated carbocycles. The average molecular weight is 285 g/mol. The van der Waals surface area contributed by atoms with Crippen molar-refractivity contribution in [2.24, 2.45) is 4.99 Å². The zero-order valence-corrected chi connectivity index (χ0v) is 12.7. The smallest absolute Gasteiger partial charge is 0.273 e. The van der Waals surface area contributed by atoms with E-state index in [9.17, 15) is 4.79 Å². The zero-order chi connectivity index (χ0) is 14.7. The number of aliphatic imine (C=N–C) groups is 1. The van der Waals surface area contributed by atoms with E-state index >= 15 is 0 Å². The van der Waals surface area contributed by atoms with Gasteiger partial charge in [0, 0.05) is 26.2 Å². The summed E-state index contributed by atoms with van der Waals surface area (Å²) in [6.45, 7) is 5.97. The fourth-order valence-corrected chi connectivity index (χ4v) is 3.41. The number of benzene rings is 1. The van der Waals surface area contributed by atoms with E-state index < -0.39 is 0 Å². The van der Waals surface area contributed by atoms with Gasteiger partial charge in [-0.2, -0.15) is 0 Å². The van der Waals surface area contributed by atoms with Crippen molar-refractivity contribution in [3.63, 3.8) is 0 Å². The summed E-state index contributed by atoms with van der Waals surface area (Å²) in [4.78, 5) is 20.9. The zero-order valence-electron chi connectivity index (χ0n) is 12.7. The maximum absolute atomic E-state index is 12.2. The molecule has 0 atom stereocenters. The molecule has 0 radical (unpaired) electrons. The Morgan fingerprint density at radius 3 is 2.57 bits per heavy atom. The number of carbonyl (C=O) groups is 1. The van der Waals surface area contributed by atoms with Gasteiger partial charge >= 0.3 is 0 Å². The third-order valence-electron chi connectivity index (χ3n) is 4.66. The molecule has 0 aromatic heterocycles. The molecule has 1 saturated heterocycles. The lowest BCUT2D eigenvalue weighted by Gasteiger charge is -2.43. The molecule has 2 aliphatic heterocycles. The van der Waals surface area contributed by atoms with E-state index in [2.05, 4.69) is 46.0 Å². The SMILES string of the molecule is CCCN1C=NC(=O)C12CCN(Cc1ccccc1)CC2. The van der Waals surface area contributed by atoms with Crippen LogP contribution >= 0.6 is 0 Å². The Hall–Kier alpha value is -1.68. The van der Waals surface area contributed by atoms with Crippen molar-refractivity contribution < 1.29 is 4.79 Å². The predicted molar refractivity (Wildman–Crippen MR) is 84.2 cm³/mol. The van der Waals surface area contributed by atoms with Crippen LogP contribution in [0.1, 0.15) is 31.7 Å². The van der Waals surface area contributed by atoms with Gasteiger partial charge in [-0.1, -0.05) is 37.3 Å². The Kier molecular flexibility index (Phi) is 4.06. The van der Waals surface area contributed by atoms with E-state index in [4.69, 9.17) is 0 Å². The van der Waals surface area contributed by atoms with E-state index in [0.29, 0.717) is 0 Å². The van der Waals surface area contributed by atoms with Gasteiger partial charge in [-0.05, 0) is 24.8 Å². The van der Waals surface area contributed by atoms with Crippen LogP contribution in [-0.2, 0) is 11.3 Å². The lowest BCUT2D eigenvalue weighted by Crippen LogP contribution is -2.56. The van der Waals surface area contributed by atoms with E-state index in [1.807, 2.05) is 6.07 Å². The molecule has 4 nitrogen and oxygen atoms in total. The highest BCUT2D eigenvalue weighted by Gasteiger charge is 2.47. The van der Waals surface area contributed by atoms with Gasteiger partial charge in [0.15, 0.2) is 0 Å². The summed E-state index contributed by atoms with van der Waals surface area (Å²) in [5.74, 6) is 0.0651. The fraction of sp³-hybridized carbons (Fsp3) is 0.529. The highest BCUT2D eigenvalue weighted by molar-refractivity contribution is 5.98. The molecule has 1 spiro atoms. The minimum Gasteiger partial charge on any atom is -0.348 e. The number of likely N-dealkylation sites (tertiary alicyclic amines) is 1. The second kappa shape index (κ2) is 5.98. The largest absolute Gasteiger partial charge is 0.348 e. The first kappa shape index (κ1) is 14.3. The maximum Gasteiger partial charge on any atom is 0.273 e. The van der Waals surface area contributed by atoms with Gasteiger partial charge < -0.3 is 4.90 Å². The average Bonchev–Trinajstić information content (AvgIpc) is 2.81. The molecule has 3 rings (SSSR count). The molecule has 4 heteroatoms. The van der Waals surface area contributed by atoms with Crippen molar-refractivity contribution >= 4 is 12.2 Å². The number of piperidine rings is 1. The normalized spacial score (nSPS) is 21.4. The number of rotatable bonds is 4. The molecule has 0 aliphatic carbocycles. The molecule has 21 heavy (non-hydrogen) atoms. The molecule has 1 aromatic carbocycles. The standard InChI is InChI=1S/C17H23N3O/c1-2-10-20-14-18-16(21)17(20)8-11-19(12-9-17)13-15-6-4-3-5-7-15/h3-7,14H,2,8-13H2,1H3. The molecule has 1 aromatic rings. The van der Waals surface area contributed by atoms with Crippen molar-refractivity contribution in [1.29, 1.82) is 0 Å². The van der Waals surface area contributed by atoms with Crippen LogP contribution in [0.3, 0.4) is 0 Å². The quantitative estimate of drug-likeness (QED) is 0.851. The molecule has 0 N–H and O–H groups in total. The van der Waals surface area contributed by atoms with Crippen molar-refractivity contribution in [3.8, 4) is 0 Å². The lowest BCUT2D eigenvalue weighted by atomic mass is 9.85. The van der Waals surface area contributed by atoms with Crippen LogP contribution in [0.4, 0.5) is 0 Å². The van der Waals surface area contributed by atoms with Crippen molar-refractivity contribution in [3.05, 3.63) is 35.9 Å². The molecule has 1 fully saturated rings. The molecule has 112 valence electrons. The Balaban J connectivity index is 1.63. The Bertz CT molecular complexity index is 518. The summed E-state index contributed by atoms with van der Waals surface area (Å²) in [6, 6.07) is 10.5. The Labute approximate surface area is 126 Å². The van der Waals surface area contributed by atoms with Crippen LogP contribution in [0.2, 0.25) is 0 Å². The summed E-state index contributed by atoms with van der Waals surface area (Å²) in [6.07, 6.45) is 4.59. The fourth-order valence-electron chi connectivity index (χ4n) is 3.41. The van der Waals surface area contributed by atoms with Gasteiger partial charge in [0.2, 0.25) is 0 Å². The number of nitrogens with zero attached hydrogens (tertiary/aromatic N) is 3. The van der Waals surface area contributed by atoms with E-state index in [1.165, 1.54) is 5.56 Å². The summed E-state index contributed by atoms with van der Waals surface area (Å²) in [7, 11) is 0. The topological polar surface area (TPSA) is 35.9 Å². The summed E-state index contributed by atoms with van der Waals surface area (Å²) in [5, 5.41) is 0. The second-order valence-electron chi connectivity index (χ2n) is 6.04. The molecule has 2 aliphatic rings. The van der Waals surface area contributed by atoms with Crippen LogP contribution in [0.15, 0.2) is 35.3 Å². The second-order valence-corrected chi connectivity index (χ2v) is 6.04. The minimum absolute atomic E-state index is 0.0651. The first-order chi connectivity index (χ1) is 10.2. The van der Waals surface area contributed by atoms with E-state index in [0.717, 1.165) is 45.4 Å². The van der Waals surface area contributed by atoms with Gasteiger partial charge in [0.25, 0.3) is 5.91 Å². The predicted octanol–water partition coefficient (Wildman–Crippen LogP) is 2.30. The van der Waals surface area contributed by atoms with Crippen molar-refractivity contribution in [1.82, 2.24) is 9.80 Å². The van der Waals surface area contributed by atoms with Crippen LogP contribution in [0, 0.1) is 0 Å². The molecular formula is C17H23N3O. The molecule has 2 heterocycles. The van der Waals surface area contributed by atoms with Crippen LogP contribution in [0.25, 0.3) is 0 Å². The highest BCUT2D eigenvalue weighted by Crippen LogP contribution is 2.33. The Morgan fingerprint density at radius 2 is 1.90 bits per heavy atom. The van der Waals surface area contributed by atoms with Crippen LogP contribution in [-0.4, -0.2) is 47.2 Å². The summed E-state index contributed by atoms with van der Waals surface area (Å²) < 4.78 is 0. The number of carbonyl (C=O) groups excluding carboxylic acids is 1. The van der Waals surface area contributed by atoms with Crippen molar-refractivity contribution in [2.45, 2.75) is 38.3 Å². The maximum atomic E-state index is 12.2. The van der Waals surface area contributed by atoms with Crippen molar-refractivity contribution in [2.75, 3.05) is 19.6 Å². The molecule has 1 amide bonds. The van der Waals surface area contributed by atoms with Gasteiger partial charge in [0.1, 0.15) is 5.54 Å². The van der Waals surface area contributed by atoms with Crippen LogP contribution in [0.5, 0.6) is 0 Å². The summed E-state index contributed by atoms with van der Waals surface area (Å²) in [5.41, 5.74) is 0.997. The van der Waals surface area contributed by atoms with Crippen LogP contribution < -0.4 is 0 Å². The third-order valence-corrected chi connectivity index (χ3v) is 4.66. The van der Waals surface area contributed by atoms with E-state index in [1.54, 1.807) is 6.34 Å². The van der Waals surface area contributed by atoms with Gasteiger partial charge in [-0.15, -0.1) is 0 Å². The number of amides is 1. The number of hydrogen-bond acceptors (Lipinski definition) is 3. The first-order valence-electron chi connectivity index (χ1n) is 7.86. The third kappa shape index (κ3) is 2.72. The lowest BCUT2D eigenvalue weighted by molar-refractivity contribution is -0.128. The van der Waals surface area contributed by atoms with Gasteiger partial charge in [-0.25, -0.2) is 4.99 Å². The Morgan fingerprint density at radius 1 is 1.19 bits per heavy atom. The molecule has 0 unspecified atom stereocenters. The molecular weight excluding hydrogens is 262 g/mol. The summed E-state index contributed by atoms with van der Waals surface area (Å²) >= 11 is 0. The van der Waals surface area contributed by atoms with E-state index in [-0.39, 0.29) is 11.4 Å². The van der Waals surface area contributed by atoms with Gasteiger partial charge in [-0.3, -0.25) is 9.69 Å².